The van der Waals surface area contributed by atoms with Crippen LogP contribution in [0.25, 0.3) is 0 Å². The molecule has 0 radical (unpaired) electrons. The summed E-state index contributed by atoms with van der Waals surface area (Å²) in [6.45, 7) is 1.39. The lowest BCUT2D eigenvalue weighted by atomic mass is 9.81. The first kappa shape index (κ1) is 21.2. The van der Waals surface area contributed by atoms with Crippen molar-refractivity contribution in [1.82, 2.24) is 9.88 Å². The molecule has 2 saturated carbocycles. The number of carbonyl (C=O) groups is 1. The molecule has 1 aromatic heterocycles. The Hall–Kier alpha value is -2.65. The lowest BCUT2D eigenvalue weighted by molar-refractivity contribution is 0.0723. The van der Waals surface area contributed by atoms with Gasteiger partial charge in [0.25, 0.3) is 15.9 Å². The minimum atomic E-state index is -4.00. The lowest BCUT2D eigenvalue weighted by Crippen LogP contribution is -2.37. The predicted octanol–water partition coefficient (Wildman–Crippen LogP) is 2.63. The number of carbonyl (C=O) groups excluding carboxylic acids is 1. The van der Waals surface area contributed by atoms with E-state index in [-0.39, 0.29) is 28.1 Å². The van der Waals surface area contributed by atoms with E-state index in [0.29, 0.717) is 36.0 Å². The van der Waals surface area contributed by atoms with Gasteiger partial charge in [0.05, 0.1) is 30.8 Å². The van der Waals surface area contributed by atoms with Crippen LogP contribution in [0.4, 0.5) is 5.69 Å². The molecule has 3 fully saturated rings. The molecule has 0 unspecified atom stereocenters. The van der Waals surface area contributed by atoms with Crippen molar-refractivity contribution < 1.29 is 22.7 Å². The van der Waals surface area contributed by atoms with Gasteiger partial charge < -0.3 is 14.4 Å². The molecule has 8 nitrogen and oxygen atoms in total. The number of nitrogens with zero attached hydrogens (tertiary/aromatic N) is 2. The van der Waals surface area contributed by atoms with Crippen LogP contribution in [0.2, 0.25) is 0 Å². The number of likely N-dealkylation sites (tertiary alicyclic amines) is 1. The molecule has 2 bridgehead atoms. The summed E-state index contributed by atoms with van der Waals surface area (Å²) >= 11 is 0. The quantitative estimate of drug-likeness (QED) is 0.687. The van der Waals surface area contributed by atoms with Crippen molar-refractivity contribution >= 4 is 21.6 Å². The number of amides is 1. The van der Waals surface area contributed by atoms with Crippen molar-refractivity contribution in [1.29, 1.82) is 0 Å². The monoisotopic (exact) mass is 457 g/mol. The van der Waals surface area contributed by atoms with E-state index in [1.165, 1.54) is 25.6 Å². The van der Waals surface area contributed by atoms with Gasteiger partial charge >= 0.3 is 0 Å². The lowest BCUT2D eigenvalue weighted by Gasteiger charge is -2.27. The molecule has 1 N–H and O–H groups in total. The van der Waals surface area contributed by atoms with Crippen LogP contribution in [0.5, 0.6) is 5.75 Å². The van der Waals surface area contributed by atoms with Crippen molar-refractivity contribution in [3.8, 4) is 5.75 Å². The summed E-state index contributed by atoms with van der Waals surface area (Å²) in [5.74, 6) is 2.23. The second-order valence-electron chi connectivity index (χ2n) is 8.92. The zero-order valence-corrected chi connectivity index (χ0v) is 18.9. The van der Waals surface area contributed by atoms with E-state index in [4.69, 9.17) is 9.47 Å². The standard InChI is InChI=1S/C23H27N3O5S/c1-30-13-20-14-7-18-19(20)12-26(21(18)8-14)23(27)17-5-3-4-6-22(17)32(28,29)25-15-9-16(31-2)11-24-10-15/h3-6,9-11,14,18-21,25H,7-8,12-13H2,1-2H3/t14-,18-,19-,20-,21-/m1/s1. The highest BCUT2D eigenvalue weighted by molar-refractivity contribution is 7.92. The topological polar surface area (TPSA) is 97.8 Å². The van der Waals surface area contributed by atoms with Gasteiger partial charge in [-0.25, -0.2) is 8.42 Å². The van der Waals surface area contributed by atoms with Gasteiger partial charge in [-0.3, -0.25) is 14.5 Å². The number of rotatable bonds is 7. The van der Waals surface area contributed by atoms with E-state index in [0.717, 1.165) is 19.4 Å². The largest absolute Gasteiger partial charge is 0.495 e. The zero-order chi connectivity index (χ0) is 22.5. The molecule has 1 amide bonds. The molecule has 3 aliphatic rings. The Bertz CT molecular complexity index is 1140. The van der Waals surface area contributed by atoms with Gasteiger partial charge in [0.1, 0.15) is 10.6 Å². The first-order valence-electron chi connectivity index (χ1n) is 10.8. The fraction of sp³-hybridized carbons (Fsp3) is 0.478. The van der Waals surface area contributed by atoms with E-state index in [1.807, 2.05) is 4.90 Å². The number of benzene rings is 1. The van der Waals surface area contributed by atoms with Crippen LogP contribution in [0.15, 0.2) is 47.6 Å². The first-order chi connectivity index (χ1) is 15.4. The minimum absolute atomic E-state index is 0.0324. The molecular formula is C23H27N3O5S. The molecule has 1 aromatic carbocycles. The Morgan fingerprint density at radius 1 is 1.19 bits per heavy atom. The highest BCUT2D eigenvalue weighted by Gasteiger charge is 2.59. The maximum absolute atomic E-state index is 13.6. The number of hydrogen-bond acceptors (Lipinski definition) is 6. The number of aromatic nitrogens is 1. The third-order valence-corrected chi connectivity index (χ3v) is 8.79. The van der Waals surface area contributed by atoms with Crippen molar-refractivity contribution in [2.45, 2.75) is 23.8 Å². The molecule has 2 heterocycles. The highest BCUT2D eigenvalue weighted by Crippen LogP contribution is 2.58. The van der Waals surface area contributed by atoms with Crippen LogP contribution in [-0.4, -0.2) is 57.6 Å². The summed E-state index contributed by atoms with van der Waals surface area (Å²) in [6.07, 6.45) is 5.00. The maximum Gasteiger partial charge on any atom is 0.262 e. The summed E-state index contributed by atoms with van der Waals surface area (Å²) in [5, 5.41) is 0. The number of hydrogen-bond donors (Lipinski definition) is 1. The second-order valence-corrected chi connectivity index (χ2v) is 10.6. The van der Waals surface area contributed by atoms with Gasteiger partial charge in [-0.15, -0.1) is 0 Å². The third kappa shape index (κ3) is 3.44. The zero-order valence-electron chi connectivity index (χ0n) is 18.1. The number of ether oxygens (including phenoxy) is 2. The molecule has 2 aliphatic carbocycles. The van der Waals surface area contributed by atoms with Crippen LogP contribution in [0.3, 0.4) is 0 Å². The van der Waals surface area contributed by atoms with Gasteiger partial charge in [-0.05, 0) is 48.6 Å². The summed E-state index contributed by atoms with van der Waals surface area (Å²) in [4.78, 5) is 19.5. The predicted molar refractivity (Wildman–Crippen MR) is 118 cm³/mol. The van der Waals surface area contributed by atoms with E-state index in [1.54, 1.807) is 31.4 Å². The van der Waals surface area contributed by atoms with Gasteiger partial charge in [-0.2, -0.15) is 0 Å². The third-order valence-electron chi connectivity index (χ3n) is 7.35. The van der Waals surface area contributed by atoms with Gasteiger partial charge in [0.2, 0.25) is 0 Å². The normalized spacial score (nSPS) is 28.2. The van der Waals surface area contributed by atoms with Crippen LogP contribution in [0, 0.1) is 23.7 Å². The Labute approximate surface area is 188 Å². The van der Waals surface area contributed by atoms with Crippen molar-refractivity contribution in [3.05, 3.63) is 48.3 Å². The maximum atomic E-state index is 13.6. The second kappa shape index (κ2) is 8.04. The van der Waals surface area contributed by atoms with Gasteiger partial charge in [-0.1, -0.05) is 12.1 Å². The van der Waals surface area contributed by atoms with Crippen LogP contribution >= 0.6 is 0 Å². The van der Waals surface area contributed by atoms with Crippen molar-refractivity contribution in [2.75, 3.05) is 32.1 Å². The number of fused-ring (bicyclic) bond motifs is 1. The smallest absolute Gasteiger partial charge is 0.262 e. The number of sulfonamides is 1. The van der Waals surface area contributed by atoms with E-state index >= 15 is 0 Å². The fourth-order valence-electron chi connectivity index (χ4n) is 6.07. The van der Waals surface area contributed by atoms with Crippen molar-refractivity contribution in [2.24, 2.45) is 23.7 Å². The van der Waals surface area contributed by atoms with Crippen LogP contribution in [0.1, 0.15) is 23.2 Å². The Morgan fingerprint density at radius 2 is 2.00 bits per heavy atom. The minimum Gasteiger partial charge on any atom is -0.495 e. The van der Waals surface area contributed by atoms with E-state index in [9.17, 15) is 13.2 Å². The van der Waals surface area contributed by atoms with E-state index < -0.39 is 10.0 Å². The summed E-state index contributed by atoms with van der Waals surface area (Å²) < 4.78 is 39.5. The molecule has 9 heteroatoms. The van der Waals surface area contributed by atoms with Crippen LogP contribution in [-0.2, 0) is 14.8 Å². The molecule has 1 saturated heterocycles. The number of anilines is 1. The molecule has 5 rings (SSSR count). The van der Waals surface area contributed by atoms with E-state index in [2.05, 4.69) is 9.71 Å². The summed E-state index contributed by atoms with van der Waals surface area (Å²) in [7, 11) is -0.788. The SMILES string of the molecule is COC[C@@H]1[C@@H]2C[C@@H]3[C@H]1CN(C(=O)c1ccccc1S(=O)(=O)Nc1cncc(OC)c1)[C@@H]3C2. The first-order valence-corrected chi connectivity index (χ1v) is 12.3. The molecule has 2 aromatic rings. The Kier molecular flexibility index (Phi) is 5.33. The fourth-order valence-corrected chi connectivity index (χ4v) is 7.31. The van der Waals surface area contributed by atoms with Crippen LogP contribution < -0.4 is 9.46 Å². The summed E-state index contributed by atoms with van der Waals surface area (Å²) in [6, 6.07) is 8.14. The summed E-state index contributed by atoms with van der Waals surface area (Å²) in [5.41, 5.74) is 0.468. The van der Waals surface area contributed by atoms with Crippen molar-refractivity contribution in [3.63, 3.8) is 0 Å². The number of nitrogens with one attached hydrogen (secondary N) is 1. The molecule has 32 heavy (non-hydrogen) atoms. The Morgan fingerprint density at radius 3 is 2.78 bits per heavy atom. The Balaban J connectivity index is 1.42. The number of methoxy groups -OCH3 is 2. The average molecular weight is 458 g/mol. The van der Waals surface area contributed by atoms with Gasteiger partial charge in [0.15, 0.2) is 0 Å². The molecule has 0 spiro atoms. The number of pyridine rings is 1. The average Bonchev–Trinajstić information content (AvgIpc) is 3.42. The highest BCUT2D eigenvalue weighted by atomic mass is 32.2. The van der Waals surface area contributed by atoms with Gasteiger partial charge in [0, 0.05) is 32.4 Å². The molecule has 170 valence electrons. The molecule has 5 atom stereocenters. The molecular weight excluding hydrogens is 430 g/mol. The molecule has 1 aliphatic heterocycles.